The Morgan fingerprint density at radius 2 is 1.60 bits per heavy atom. The van der Waals surface area contributed by atoms with Crippen molar-refractivity contribution < 1.29 is 9.59 Å². The zero-order valence-corrected chi connectivity index (χ0v) is 15.7. The molecule has 0 bridgehead atoms. The zero-order valence-electron chi connectivity index (χ0n) is 14.9. The lowest BCUT2D eigenvalue weighted by molar-refractivity contribution is -0.135. The lowest BCUT2D eigenvalue weighted by Crippen LogP contribution is -2.41. The number of nitrogens with one attached hydrogen (secondary N) is 2. The molecule has 0 aliphatic heterocycles. The monoisotopic (exact) mass is 358 g/mol. The predicted molar refractivity (Wildman–Crippen MR) is 103 cm³/mol. The lowest BCUT2D eigenvalue weighted by atomic mass is 9.90. The summed E-state index contributed by atoms with van der Waals surface area (Å²) in [5.74, 6) is -0.720. The highest BCUT2D eigenvalue weighted by molar-refractivity contribution is 6.30. The summed E-state index contributed by atoms with van der Waals surface area (Å²) < 4.78 is 0. The van der Waals surface area contributed by atoms with Crippen LogP contribution >= 0.6 is 11.6 Å². The van der Waals surface area contributed by atoms with Crippen molar-refractivity contribution >= 4 is 34.8 Å². The minimum atomic E-state index is -1.23. The summed E-state index contributed by atoms with van der Waals surface area (Å²) in [6, 6.07) is 12.6. The molecule has 2 rings (SSSR count). The molecular formula is C20H23ClN2O2. The highest BCUT2D eigenvalue weighted by Crippen LogP contribution is 2.26. The number of hydrogen-bond donors (Lipinski definition) is 2. The van der Waals surface area contributed by atoms with Crippen molar-refractivity contribution in [2.75, 3.05) is 10.6 Å². The highest BCUT2D eigenvalue weighted by atomic mass is 35.5. The summed E-state index contributed by atoms with van der Waals surface area (Å²) in [6.07, 6.45) is 0.800. The van der Waals surface area contributed by atoms with Gasteiger partial charge in [0.15, 0.2) is 0 Å². The van der Waals surface area contributed by atoms with E-state index in [4.69, 9.17) is 11.6 Å². The van der Waals surface area contributed by atoms with Gasteiger partial charge in [0.2, 0.25) is 11.8 Å². The Kier molecular flexibility index (Phi) is 5.85. The third-order valence-electron chi connectivity index (χ3n) is 4.22. The van der Waals surface area contributed by atoms with E-state index < -0.39 is 5.41 Å². The molecule has 5 heteroatoms. The van der Waals surface area contributed by atoms with E-state index in [-0.39, 0.29) is 11.8 Å². The summed E-state index contributed by atoms with van der Waals surface area (Å²) in [5, 5.41) is 6.27. The molecule has 0 aromatic heterocycles. The molecule has 0 atom stereocenters. The molecule has 0 heterocycles. The minimum absolute atomic E-state index is 0.344. The average molecular weight is 359 g/mol. The fourth-order valence-corrected chi connectivity index (χ4v) is 2.52. The molecule has 25 heavy (non-hydrogen) atoms. The van der Waals surface area contributed by atoms with Crippen molar-refractivity contribution in [2.24, 2.45) is 5.41 Å². The van der Waals surface area contributed by atoms with Crippen molar-refractivity contribution in [1.29, 1.82) is 0 Å². The molecule has 0 saturated carbocycles. The third kappa shape index (κ3) is 4.40. The van der Waals surface area contributed by atoms with Crippen LogP contribution in [0.3, 0.4) is 0 Å². The van der Waals surface area contributed by atoms with E-state index in [1.165, 1.54) is 0 Å². The van der Waals surface area contributed by atoms with E-state index in [2.05, 4.69) is 10.6 Å². The summed E-state index contributed by atoms with van der Waals surface area (Å²) in [6.45, 7) is 7.19. The van der Waals surface area contributed by atoms with Crippen LogP contribution in [0, 0.1) is 12.3 Å². The van der Waals surface area contributed by atoms with E-state index in [0.717, 1.165) is 23.2 Å². The number of amides is 2. The summed E-state index contributed by atoms with van der Waals surface area (Å²) >= 11 is 5.85. The van der Waals surface area contributed by atoms with Gasteiger partial charge in [-0.05, 0) is 62.6 Å². The Bertz CT molecular complexity index is 783. The fraction of sp³-hybridized carbons (Fsp3) is 0.300. The van der Waals surface area contributed by atoms with Gasteiger partial charge < -0.3 is 10.6 Å². The quantitative estimate of drug-likeness (QED) is 0.753. The van der Waals surface area contributed by atoms with Crippen molar-refractivity contribution in [2.45, 2.75) is 34.1 Å². The topological polar surface area (TPSA) is 58.2 Å². The fourth-order valence-electron chi connectivity index (χ4n) is 2.40. The van der Waals surface area contributed by atoms with Gasteiger partial charge in [0.25, 0.3) is 0 Å². The number of carbonyl (C=O) groups is 2. The molecule has 0 saturated heterocycles. The molecule has 0 spiro atoms. The maximum Gasteiger partial charge on any atom is 0.239 e. The van der Waals surface area contributed by atoms with E-state index in [1.807, 2.05) is 32.0 Å². The average Bonchev–Trinajstić information content (AvgIpc) is 2.58. The number of para-hydroxylation sites is 1. The molecule has 2 amide bonds. The van der Waals surface area contributed by atoms with Gasteiger partial charge in [-0.2, -0.15) is 0 Å². The first kappa shape index (κ1) is 19.0. The first-order chi connectivity index (χ1) is 11.8. The highest BCUT2D eigenvalue weighted by Gasteiger charge is 2.36. The number of halogens is 1. The Balaban J connectivity index is 2.16. The van der Waals surface area contributed by atoms with Crippen molar-refractivity contribution in [1.82, 2.24) is 0 Å². The molecule has 0 aliphatic carbocycles. The Morgan fingerprint density at radius 1 is 1.00 bits per heavy atom. The molecule has 2 N–H and O–H groups in total. The molecule has 0 radical (unpaired) electrons. The van der Waals surface area contributed by atoms with Crippen LogP contribution in [0.15, 0.2) is 42.5 Å². The van der Waals surface area contributed by atoms with Crippen molar-refractivity contribution in [3.63, 3.8) is 0 Å². The maximum atomic E-state index is 12.7. The Morgan fingerprint density at radius 3 is 2.20 bits per heavy atom. The number of rotatable bonds is 5. The van der Waals surface area contributed by atoms with E-state index in [9.17, 15) is 9.59 Å². The van der Waals surface area contributed by atoms with Crippen LogP contribution < -0.4 is 10.6 Å². The lowest BCUT2D eigenvalue weighted by Gasteiger charge is -2.24. The first-order valence-corrected chi connectivity index (χ1v) is 8.60. The Hall–Kier alpha value is -2.33. The molecular weight excluding hydrogens is 336 g/mol. The van der Waals surface area contributed by atoms with Crippen LogP contribution in [0.2, 0.25) is 5.02 Å². The number of carbonyl (C=O) groups excluding carboxylic acids is 2. The number of benzene rings is 2. The van der Waals surface area contributed by atoms with Gasteiger partial charge in [-0.3, -0.25) is 9.59 Å². The van der Waals surface area contributed by atoms with Crippen LogP contribution in [0.1, 0.15) is 31.9 Å². The number of anilines is 2. The molecule has 0 aliphatic rings. The molecule has 132 valence electrons. The first-order valence-electron chi connectivity index (χ1n) is 8.22. The van der Waals surface area contributed by atoms with Crippen LogP contribution in [0.25, 0.3) is 0 Å². The van der Waals surface area contributed by atoms with Crippen LogP contribution in [0.5, 0.6) is 0 Å². The number of hydrogen-bond acceptors (Lipinski definition) is 2. The second kappa shape index (κ2) is 7.70. The van der Waals surface area contributed by atoms with E-state index in [0.29, 0.717) is 10.7 Å². The van der Waals surface area contributed by atoms with Crippen molar-refractivity contribution in [3.05, 3.63) is 58.6 Å². The number of aryl methyl sites for hydroxylation is 2. The van der Waals surface area contributed by atoms with Gasteiger partial charge in [0.05, 0.1) is 0 Å². The zero-order chi connectivity index (χ0) is 18.6. The second-order valence-corrected chi connectivity index (χ2v) is 6.94. The SMILES string of the molecule is CCc1cccc(C)c1NC(=O)C(C)(C)C(=O)Nc1ccc(Cl)cc1. The van der Waals surface area contributed by atoms with E-state index in [1.54, 1.807) is 38.1 Å². The van der Waals surface area contributed by atoms with Gasteiger partial charge in [-0.1, -0.05) is 36.7 Å². The van der Waals surface area contributed by atoms with Crippen LogP contribution in [0.4, 0.5) is 11.4 Å². The largest absolute Gasteiger partial charge is 0.325 e. The molecule has 0 fully saturated rings. The van der Waals surface area contributed by atoms with Gasteiger partial charge in [0, 0.05) is 16.4 Å². The van der Waals surface area contributed by atoms with Gasteiger partial charge in [-0.15, -0.1) is 0 Å². The van der Waals surface area contributed by atoms with Crippen LogP contribution in [-0.2, 0) is 16.0 Å². The molecule has 4 nitrogen and oxygen atoms in total. The maximum absolute atomic E-state index is 12.7. The van der Waals surface area contributed by atoms with E-state index >= 15 is 0 Å². The third-order valence-corrected chi connectivity index (χ3v) is 4.47. The van der Waals surface area contributed by atoms with Gasteiger partial charge in [0.1, 0.15) is 5.41 Å². The Labute approximate surface area is 153 Å². The van der Waals surface area contributed by atoms with Crippen molar-refractivity contribution in [3.8, 4) is 0 Å². The standard InChI is InChI=1S/C20H23ClN2O2/c1-5-14-8-6-7-13(2)17(14)23-19(25)20(3,4)18(24)22-16-11-9-15(21)10-12-16/h6-12H,5H2,1-4H3,(H,22,24)(H,23,25). The smallest absolute Gasteiger partial charge is 0.239 e. The second-order valence-electron chi connectivity index (χ2n) is 6.50. The summed E-state index contributed by atoms with van der Waals surface area (Å²) in [5.41, 5.74) is 2.17. The normalized spacial score (nSPS) is 11.1. The van der Waals surface area contributed by atoms with Gasteiger partial charge >= 0.3 is 0 Å². The summed E-state index contributed by atoms with van der Waals surface area (Å²) in [7, 11) is 0. The molecule has 2 aromatic rings. The van der Waals surface area contributed by atoms with Crippen LogP contribution in [-0.4, -0.2) is 11.8 Å². The minimum Gasteiger partial charge on any atom is -0.325 e. The summed E-state index contributed by atoms with van der Waals surface area (Å²) in [4.78, 5) is 25.3. The molecule has 2 aromatic carbocycles. The molecule has 0 unspecified atom stereocenters. The predicted octanol–water partition coefficient (Wildman–Crippen LogP) is 4.81. The van der Waals surface area contributed by atoms with Gasteiger partial charge in [-0.25, -0.2) is 0 Å².